The number of nitrogens with zero attached hydrogens (tertiary/aromatic N) is 6. The fraction of sp³-hybridized carbons (Fsp3) is 0.429. The molecule has 1 aliphatic rings. The third-order valence-corrected chi connectivity index (χ3v) is 5.55. The maximum Gasteiger partial charge on any atom is 0.241 e. The monoisotopic (exact) mass is 407 g/mol. The molecule has 0 unspecified atom stereocenters. The van der Waals surface area contributed by atoms with Crippen LogP contribution in [0.15, 0.2) is 30.6 Å². The van der Waals surface area contributed by atoms with Gasteiger partial charge in [0.1, 0.15) is 11.3 Å². The summed E-state index contributed by atoms with van der Waals surface area (Å²) in [7, 11) is 1.70. The van der Waals surface area contributed by atoms with E-state index < -0.39 is 0 Å². The molecule has 0 aromatic carbocycles. The lowest BCUT2D eigenvalue weighted by molar-refractivity contribution is 0.0903. The second kappa shape index (κ2) is 8.00. The van der Waals surface area contributed by atoms with Crippen molar-refractivity contribution in [2.75, 3.05) is 32.2 Å². The van der Waals surface area contributed by atoms with Crippen molar-refractivity contribution in [3.05, 3.63) is 36.4 Å². The molecule has 1 N–H and O–H groups in total. The van der Waals surface area contributed by atoms with Crippen molar-refractivity contribution in [1.82, 2.24) is 29.1 Å². The van der Waals surface area contributed by atoms with Gasteiger partial charge in [-0.3, -0.25) is 0 Å². The second-order valence-corrected chi connectivity index (χ2v) is 7.51. The van der Waals surface area contributed by atoms with E-state index in [1.54, 1.807) is 7.11 Å². The molecule has 5 rings (SSSR count). The summed E-state index contributed by atoms with van der Waals surface area (Å²) in [6.07, 6.45) is 5.74. The predicted octanol–water partition coefficient (Wildman–Crippen LogP) is 2.69. The summed E-state index contributed by atoms with van der Waals surface area (Å²) >= 11 is 0. The zero-order valence-corrected chi connectivity index (χ0v) is 17.2. The van der Waals surface area contributed by atoms with Crippen molar-refractivity contribution in [2.45, 2.75) is 32.4 Å². The number of aryl methyl sites for hydroxylation is 1. The van der Waals surface area contributed by atoms with Gasteiger partial charge in [-0.1, -0.05) is 0 Å². The molecule has 0 bridgehead atoms. The minimum atomic E-state index is 0.353. The van der Waals surface area contributed by atoms with Gasteiger partial charge < -0.3 is 19.4 Å². The lowest BCUT2D eigenvalue weighted by atomic mass is 10.1. The smallest absolute Gasteiger partial charge is 0.241 e. The zero-order valence-electron chi connectivity index (χ0n) is 17.2. The number of hydrogen-bond donors (Lipinski definition) is 1. The number of methoxy groups -OCH3 is 1. The number of imidazole rings is 1. The van der Waals surface area contributed by atoms with Crippen LogP contribution in [0.5, 0.6) is 0 Å². The molecule has 5 heterocycles. The van der Waals surface area contributed by atoms with Crippen LogP contribution in [0.2, 0.25) is 0 Å². The highest BCUT2D eigenvalue weighted by molar-refractivity contribution is 5.82. The van der Waals surface area contributed by atoms with Gasteiger partial charge in [-0.2, -0.15) is 0 Å². The van der Waals surface area contributed by atoms with Crippen LogP contribution in [0.3, 0.4) is 0 Å². The number of pyridine rings is 1. The van der Waals surface area contributed by atoms with E-state index in [-0.39, 0.29) is 0 Å². The minimum absolute atomic E-state index is 0.353. The van der Waals surface area contributed by atoms with Gasteiger partial charge in [0.25, 0.3) is 0 Å². The third kappa shape index (κ3) is 3.50. The Hall–Kier alpha value is -3.04. The molecule has 156 valence electrons. The van der Waals surface area contributed by atoms with Crippen molar-refractivity contribution in [3.8, 4) is 11.3 Å². The first-order chi connectivity index (χ1) is 14.7. The lowest BCUT2D eigenvalue weighted by Crippen LogP contribution is -2.28. The molecule has 0 atom stereocenters. The van der Waals surface area contributed by atoms with Gasteiger partial charge in [0.2, 0.25) is 5.95 Å². The number of hydrogen-bond acceptors (Lipinski definition) is 7. The fourth-order valence-electron chi connectivity index (χ4n) is 3.92. The Labute approximate surface area is 174 Å². The van der Waals surface area contributed by atoms with Crippen molar-refractivity contribution in [3.63, 3.8) is 0 Å². The number of nitrogens with one attached hydrogen (secondary N) is 1. The van der Waals surface area contributed by atoms with Gasteiger partial charge in [0.05, 0.1) is 24.0 Å². The maximum atomic E-state index is 5.42. The first kappa shape index (κ1) is 19.0. The summed E-state index contributed by atoms with van der Waals surface area (Å²) in [4.78, 5) is 14.1. The normalized spacial score (nSPS) is 15.3. The summed E-state index contributed by atoms with van der Waals surface area (Å²) in [5, 5.41) is 8.05. The molecule has 9 heteroatoms. The van der Waals surface area contributed by atoms with E-state index in [1.165, 1.54) is 0 Å². The standard InChI is InChI=1S/C21H25N7O2/c1-14-23-18-4-3-17(25-20(18)27(14)9-12-29-2)16-5-8-28-19(16)13-22-21(26-28)24-15-6-10-30-11-7-15/h3-5,8,13,15H,6-7,9-12H2,1-2H3,(H,24,26). The summed E-state index contributed by atoms with van der Waals surface area (Å²) in [6.45, 7) is 4.89. The van der Waals surface area contributed by atoms with Crippen LogP contribution in [-0.2, 0) is 16.0 Å². The molecule has 30 heavy (non-hydrogen) atoms. The Balaban J connectivity index is 1.47. The van der Waals surface area contributed by atoms with Gasteiger partial charge in [0, 0.05) is 44.7 Å². The summed E-state index contributed by atoms with van der Waals surface area (Å²) in [5.41, 5.74) is 4.53. The van der Waals surface area contributed by atoms with Crippen molar-refractivity contribution < 1.29 is 9.47 Å². The number of fused-ring (bicyclic) bond motifs is 2. The number of anilines is 1. The molecule has 1 aliphatic heterocycles. The van der Waals surface area contributed by atoms with Crippen LogP contribution in [0, 0.1) is 6.92 Å². The van der Waals surface area contributed by atoms with E-state index in [9.17, 15) is 0 Å². The van der Waals surface area contributed by atoms with E-state index >= 15 is 0 Å². The van der Waals surface area contributed by atoms with Crippen LogP contribution >= 0.6 is 0 Å². The molecular formula is C21H25N7O2. The second-order valence-electron chi connectivity index (χ2n) is 7.51. The van der Waals surface area contributed by atoms with Gasteiger partial charge in [-0.05, 0) is 38.0 Å². The predicted molar refractivity (Wildman–Crippen MR) is 114 cm³/mol. The molecular weight excluding hydrogens is 382 g/mol. The number of ether oxygens (including phenoxy) is 2. The molecule has 0 amide bonds. The largest absolute Gasteiger partial charge is 0.383 e. The summed E-state index contributed by atoms with van der Waals surface area (Å²) in [6, 6.07) is 6.39. The molecule has 0 saturated carbocycles. The van der Waals surface area contributed by atoms with E-state index in [4.69, 9.17) is 14.5 Å². The van der Waals surface area contributed by atoms with Crippen LogP contribution in [0.25, 0.3) is 27.9 Å². The van der Waals surface area contributed by atoms with E-state index in [1.807, 2.05) is 42.0 Å². The highest BCUT2D eigenvalue weighted by atomic mass is 16.5. The molecule has 1 saturated heterocycles. The van der Waals surface area contributed by atoms with Crippen LogP contribution in [-0.4, -0.2) is 62.1 Å². The Morgan fingerprint density at radius 3 is 2.90 bits per heavy atom. The van der Waals surface area contributed by atoms with Gasteiger partial charge >= 0.3 is 0 Å². The van der Waals surface area contributed by atoms with Crippen LogP contribution in [0.4, 0.5) is 5.95 Å². The molecule has 9 nitrogen and oxygen atoms in total. The van der Waals surface area contributed by atoms with Gasteiger partial charge in [0.15, 0.2) is 5.65 Å². The Morgan fingerprint density at radius 1 is 1.20 bits per heavy atom. The van der Waals surface area contributed by atoms with Crippen molar-refractivity contribution >= 4 is 22.6 Å². The Morgan fingerprint density at radius 2 is 2.07 bits per heavy atom. The molecule has 1 fully saturated rings. The number of rotatable bonds is 6. The van der Waals surface area contributed by atoms with Crippen molar-refractivity contribution in [1.29, 1.82) is 0 Å². The van der Waals surface area contributed by atoms with E-state index in [2.05, 4.69) is 25.0 Å². The molecule has 4 aromatic rings. The first-order valence-corrected chi connectivity index (χ1v) is 10.2. The summed E-state index contributed by atoms with van der Waals surface area (Å²) < 4.78 is 14.6. The highest BCUT2D eigenvalue weighted by Crippen LogP contribution is 2.26. The topological polar surface area (TPSA) is 91.4 Å². The Bertz CT molecular complexity index is 1180. The molecule has 4 aromatic heterocycles. The van der Waals surface area contributed by atoms with Crippen molar-refractivity contribution in [2.24, 2.45) is 0 Å². The highest BCUT2D eigenvalue weighted by Gasteiger charge is 2.16. The fourth-order valence-corrected chi connectivity index (χ4v) is 3.92. The Kier molecular flexibility index (Phi) is 5.06. The van der Waals surface area contributed by atoms with Gasteiger partial charge in [-0.15, -0.1) is 5.10 Å². The minimum Gasteiger partial charge on any atom is -0.383 e. The van der Waals surface area contributed by atoms with Crippen LogP contribution in [0.1, 0.15) is 18.7 Å². The number of aromatic nitrogens is 6. The molecule has 0 radical (unpaired) electrons. The molecule has 0 aliphatic carbocycles. The SMILES string of the molecule is COCCn1c(C)nc2ccc(-c3ccn4nc(NC5CCOCC5)ncc34)nc21. The average Bonchev–Trinajstić information content (AvgIpc) is 3.32. The zero-order chi connectivity index (χ0) is 20.5. The van der Waals surface area contributed by atoms with Crippen LogP contribution < -0.4 is 5.32 Å². The summed E-state index contributed by atoms with van der Waals surface area (Å²) in [5.74, 6) is 1.56. The first-order valence-electron chi connectivity index (χ1n) is 10.2. The van der Waals surface area contributed by atoms with E-state index in [0.717, 1.165) is 66.4 Å². The molecule has 0 spiro atoms. The van der Waals surface area contributed by atoms with E-state index in [0.29, 0.717) is 18.6 Å². The lowest BCUT2D eigenvalue weighted by Gasteiger charge is -2.22. The maximum absolute atomic E-state index is 5.42. The quantitative estimate of drug-likeness (QED) is 0.525. The average molecular weight is 407 g/mol. The van der Waals surface area contributed by atoms with Gasteiger partial charge in [-0.25, -0.2) is 19.5 Å². The third-order valence-electron chi connectivity index (χ3n) is 5.55.